The minimum atomic E-state index is 0.113. The van der Waals surface area contributed by atoms with E-state index in [-0.39, 0.29) is 17.2 Å². The zero-order valence-corrected chi connectivity index (χ0v) is 14.4. The van der Waals surface area contributed by atoms with Crippen molar-refractivity contribution in [3.8, 4) is 5.69 Å². The lowest BCUT2D eigenvalue weighted by Gasteiger charge is -2.22. The fraction of sp³-hybridized carbons (Fsp3) is 0.471. The summed E-state index contributed by atoms with van der Waals surface area (Å²) in [6.07, 6.45) is 2.97. The minimum Gasteiger partial charge on any atom is -0.381 e. The van der Waals surface area contributed by atoms with Crippen LogP contribution in [0.1, 0.15) is 25.1 Å². The monoisotopic (exact) mass is 344 g/mol. The highest BCUT2D eigenvalue weighted by molar-refractivity contribution is 7.71. The summed E-state index contributed by atoms with van der Waals surface area (Å²) in [5.41, 5.74) is 1.86. The van der Waals surface area contributed by atoms with Gasteiger partial charge in [-0.25, -0.2) is 0 Å². The number of H-pyrrole nitrogens is 1. The predicted octanol–water partition coefficient (Wildman–Crippen LogP) is 2.99. The van der Waals surface area contributed by atoms with Crippen LogP contribution >= 0.6 is 12.2 Å². The topological polar surface area (TPSA) is 71.9 Å². The number of rotatable bonds is 3. The molecule has 1 spiro atoms. The summed E-state index contributed by atoms with van der Waals surface area (Å²) in [5.74, 6) is 1.01. The molecule has 1 saturated carbocycles. The number of carbonyl (C=O) groups excluding carboxylic acids is 1. The molecule has 6 nitrogen and oxygen atoms in total. The molecule has 1 aromatic heterocycles. The number of aromatic nitrogens is 3. The van der Waals surface area contributed by atoms with E-state index in [4.69, 9.17) is 17.0 Å². The Morgan fingerprint density at radius 2 is 2.25 bits per heavy atom. The smallest absolute Gasteiger partial charge is 0.228 e. The molecule has 24 heavy (non-hydrogen) atoms. The summed E-state index contributed by atoms with van der Waals surface area (Å²) < 4.78 is 7.81. The molecular formula is C17H20N4O2S. The third-order valence-corrected chi connectivity index (χ3v) is 5.48. The number of aromatic amines is 1. The van der Waals surface area contributed by atoms with E-state index in [1.807, 2.05) is 35.8 Å². The van der Waals surface area contributed by atoms with Gasteiger partial charge in [0.1, 0.15) is 5.82 Å². The van der Waals surface area contributed by atoms with Crippen LogP contribution in [0.3, 0.4) is 0 Å². The Morgan fingerprint density at radius 3 is 2.96 bits per heavy atom. The van der Waals surface area contributed by atoms with E-state index < -0.39 is 0 Å². The van der Waals surface area contributed by atoms with Gasteiger partial charge >= 0.3 is 0 Å². The Morgan fingerprint density at radius 1 is 1.46 bits per heavy atom. The van der Waals surface area contributed by atoms with Gasteiger partial charge in [-0.05, 0) is 62.0 Å². The summed E-state index contributed by atoms with van der Waals surface area (Å²) >= 11 is 5.26. The number of nitrogens with one attached hydrogen (secondary N) is 2. The van der Waals surface area contributed by atoms with E-state index >= 15 is 0 Å². The SMILES string of the molecule is Cc1n[nH]c(=S)n1-c1cccc(NC(=O)C2CC23CCOCC3)c1. The Bertz CT molecular complexity index is 835. The van der Waals surface area contributed by atoms with Crippen molar-refractivity contribution in [2.24, 2.45) is 11.3 Å². The average Bonchev–Trinajstić information content (AvgIpc) is 3.16. The largest absolute Gasteiger partial charge is 0.381 e. The fourth-order valence-corrected chi connectivity index (χ4v) is 3.96. The molecule has 0 radical (unpaired) electrons. The van der Waals surface area contributed by atoms with Crippen LogP contribution in [0.25, 0.3) is 5.69 Å². The van der Waals surface area contributed by atoms with Gasteiger partial charge in [-0.15, -0.1) is 0 Å². The highest BCUT2D eigenvalue weighted by atomic mass is 32.1. The molecule has 2 heterocycles. The van der Waals surface area contributed by atoms with E-state index in [0.29, 0.717) is 4.77 Å². The van der Waals surface area contributed by atoms with Gasteiger partial charge in [0.15, 0.2) is 4.77 Å². The van der Waals surface area contributed by atoms with Crippen molar-refractivity contribution in [1.29, 1.82) is 0 Å². The van der Waals surface area contributed by atoms with Gasteiger partial charge in [-0.1, -0.05) is 6.07 Å². The molecule has 1 unspecified atom stereocenters. The van der Waals surface area contributed by atoms with Crippen LogP contribution < -0.4 is 5.32 Å². The van der Waals surface area contributed by atoms with E-state index in [2.05, 4.69) is 15.5 Å². The minimum absolute atomic E-state index is 0.113. The van der Waals surface area contributed by atoms with Gasteiger partial charge in [-0.2, -0.15) is 5.10 Å². The summed E-state index contributed by atoms with van der Waals surface area (Å²) in [5, 5.41) is 9.96. The van der Waals surface area contributed by atoms with Crippen LogP contribution in [0, 0.1) is 23.0 Å². The molecule has 2 N–H and O–H groups in total. The number of carbonyl (C=O) groups is 1. The molecule has 1 atom stereocenters. The van der Waals surface area contributed by atoms with E-state index in [1.54, 1.807) is 0 Å². The number of amides is 1. The number of ether oxygens (including phenoxy) is 1. The standard InChI is InChI=1S/C17H20N4O2S/c1-11-19-20-16(24)21(11)13-4-2-3-12(9-13)18-15(22)14-10-17(14)5-7-23-8-6-17/h2-4,9,14H,5-8,10H2,1H3,(H,18,22)(H,20,24). The third-order valence-electron chi connectivity index (χ3n) is 5.21. The maximum absolute atomic E-state index is 12.6. The maximum atomic E-state index is 12.6. The first kappa shape index (κ1) is 15.5. The normalized spacial score (nSPS) is 21.6. The Hall–Kier alpha value is -1.99. The Balaban J connectivity index is 1.51. The van der Waals surface area contributed by atoms with Crippen LogP contribution in [-0.2, 0) is 9.53 Å². The first-order chi connectivity index (χ1) is 11.6. The summed E-state index contributed by atoms with van der Waals surface area (Å²) in [6.45, 7) is 3.44. The number of hydrogen-bond acceptors (Lipinski definition) is 4. The molecule has 126 valence electrons. The predicted molar refractivity (Wildman–Crippen MR) is 92.7 cm³/mol. The van der Waals surface area contributed by atoms with Crippen LogP contribution in [0.2, 0.25) is 0 Å². The van der Waals surface area contributed by atoms with Crippen LogP contribution in [-0.4, -0.2) is 33.9 Å². The zero-order chi connectivity index (χ0) is 16.7. The number of aryl methyl sites for hydroxylation is 1. The second kappa shape index (κ2) is 5.82. The maximum Gasteiger partial charge on any atom is 0.228 e. The number of hydrogen-bond donors (Lipinski definition) is 2. The molecule has 1 aromatic carbocycles. The molecule has 1 aliphatic heterocycles. The first-order valence-corrected chi connectivity index (χ1v) is 8.63. The number of anilines is 1. The van der Waals surface area contributed by atoms with Gasteiger partial charge in [0.05, 0.1) is 5.69 Å². The van der Waals surface area contributed by atoms with Gasteiger partial charge in [0, 0.05) is 24.8 Å². The van der Waals surface area contributed by atoms with Gasteiger partial charge < -0.3 is 10.1 Å². The van der Waals surface area contributed by atoms with E-state index in [1.165, 1.54) is 0 Å². The van der Waals surface area contributed by atoms with Gasteiger partial charge in [0.2, 0.25) is 5.91 Å². The lowest BCUT2D eigenvalue weighted by molar-refractivity contribution is -0.118. The fourth-order valence-electron chi connectivity index (χ4n) is 3.68. The molecule has 7 heteroatoms. The molecule has 1 saturated heterocycles. The lowest BCUT2D eigenvalue weighted by atomic mass is 9.93. The van der Waals surface area contributed by atoms with Crippen LogP contribution in [0.4, 0.5) is 5.69 Å². The quantitative estimate of drug-likeness (QED) is 0.840. The second-order valence-electron chi connectivity index (χ2n) is 6.68. The lowest BCUT2D eigenvalue weighted by Crippen LogP contribution is -2.24. The molecule has 2 aliphatic rings. The Labute approximate surface area is 145 Å². The zero-order valence-electron chi connectivity index (χ0n) is 13.5. The van der Waals surface area contributed by atoms with Gasteiger partial charge in [0.25, 0.3) is 0 Å². The summed E-state index contributed by atoms with van der Waals surface area (Å²) in [4.78, 5) is 12.6. The van der Waals surface area contributed by atoms with Crippen molar-refractivity contribution in [2.45, 2.75) is 26.2 Å². The highest BCUT2D eigenvalue weighted by Gasteiger charge is 2.57. The van der Waals surface area contributed by atoms with Crippen molar-refractivity contribution < 1.29 is 9.53 Å². The van der Waals surface area contributed by atoms with Crippen molar-refractivity contribution in [1.82, 2.24) is 14.8 Å². The van der Waals surface area contributed by atoms with Crippen LogP contribution in [0.5, 0.6) is 0 Å². The van der Waals surface area contributed by atoms with E-state index in [0.717, 1.165) is 49.7 Å². The molecule has 2 aromatic rings. The molecule has 1 aliphatic carbocycles. The highest BCUT2D eigenvalue weighted by Crippen LogP contribution is 2.59. The summed E-state index contributed by atoms with van der Waals surface area (Å²) in [7, 11) is 0. The molecular weight excluding hydrogens is 324 g/mol. The van der Waals surface area contributed by atoms with Crippen molar-refractivity contribution in [2.75, 3.05) is 18.5 Å². The average molecular weight is 344 g/mol. The van der Waals surface area contributed by atoms with Crippen molar-refractivity contribution >= 4 is 23.8 Å². The summed E-state index contributed by atoms with van der Waals surface area (Å²) in [6, 6.07) is 7.69. The first-order valence-electron chi connectivity index (χ1n) is 8.22. The van der Waals surface area contributed by atoms with Gasteiger partial charge in [-0.3, -0.25) is 14.5 Å². The van der Waals surface area contributed by atoms with Crippen LogP contribution in [0.15, 0.2) is 24.3 Å². The van der Waals surface area contributed by atoms with E-state index in [9.17, 15) is 4.79 Å². The van der Waals surface area contributed by atoms with Crippen molar-refractivity contribution in [3.05, 3.63) is 34.9 Å². The number of benzene rings is 1. The van der Waals surface area contributed by atoms with Crippen molar-refractivity contribution in [3.63, 3.8) is 0 Å². The molecule has 2 fully saturated rings. The number of nitrogens with zero attached hydrogens (tertiary/aromatic N) is 2. The molecule has 4 rings (SSSR count). The molecule has 0 bridgehead atoms. The Kier molecular flexibility index (Phi) is 3.77. The third kappa shape index (κ3) is 2.67. The molecule has 1 amide bonds. The second-order valence-corrected chi connectivity index (χ2v) is 7.07.